The van der Waals surface area contributed by atoms with E-state index in [1.165, 1.54) is 0 Å². The van der Waals surface area contributed by atoms with Crippen LogP contribution in [-0.2, 0) is 9.84 Å². The molecule has 0 amide bonds. The highest BCUT2D eigenvalue weighted by Gasteiger charge is 2.16. The van der Waals surface area contributed by atoms with Crippen molar-refractivity contribution in [2.75, 3.05) is 12.4 Å². The molecule has 0 unspecified atom stereocenters. The minimum atomic E-state index is -3.09. The minimum Gasteiger partial charge on any atom is -0.492 e. The molecule has 2 N–H and O–H groups in total. The van der Waals surface area contributed by atoms with E-state index in [0.29, 0.717) is 10.8 Å². The van der Waals surface area contributed by atoms with Gasteiger partial charge in [-0.2, -0.15) is 0 Å². The SMILES string of the molecule is CC(C)S(=O)(=O)CCOc1ccc(Cl)cc1[C@@H](C)N. The third-order valence-electron chi connectivity index (χ3n) is 2.81. The Labute approximate surface area is 119 Å². The Hall–Kier alpha value is -0.780. The fourth-order valence-electron chi connectivity index (χ4n) is 1.51. The van der Waals surface area contributed by atoms with E-state index in [1.54, 1.807) is 32.0 Å². The molecule has 0 aliphatic heterocycles. The fourth-order valence-corrected chi connectivity index (χ4v) is 2.48. The normalized spacial score (nSPS) is 13.6. The summed E-state index contributed by atoms with van der Waals surface area (Å²) in [6, 6.07) is 4.91. The summed E-state index contributed by atoms with van der Waals surface area (Å²) in [6.07, 6.45) is 0. The van der Waals surface area contributed by atoms with Gasteiger partial charge in [-0.3, -0.25) is 0 Å². The number of benzene rings is 1. The van der Waals surface area contributed by atoms with Gasteiger partial charge < -0.3 is 10.5 Å². The summed E-state index contributed by atoms with van der Waals surface area (Å²) in [5, 5.41) is 0.184. The van der Waals surface area contributed by atoms with E-state index in [9.17, 15) is 8.42 Å². The molecule has 4 nitrogen and oxygen atoms in total. The van der Waals surface area contributed by atoms with Crippen molar-refractivity contribution < 1.29 is 13.2 Å². The molecular formula is C13H20ClNO3S. The summed E-state index contributed by atoms with van der Waals surface area (Å²) in [5.74, 6) is 0.574. The van der Waals surface area contributed by atoms with Crippen LogP contribution in [0.4, 0.5) is 0 Å². The van der Waals surface area contributed by atoms with E-state index in [2.05, 4.69) is 0 Å². The largest absolute Gasteiger partial charge is 0.492 e. The van der Waals surface area contributed by atoms with Gasteiger partial charge >= 0.3 is 0 Å². The number of rotatable bonds is 6. The summed E-state index contributed by atoms with van der Waals surface area (Å²) in [7, 11) is -3.09. The molecule has 1 atom stereocenters. The molecule has 1 rings (SSSR count). The first-order valence-electron chi connectivity index (χ1n) is 6.13. The Morgan fingerprint density at radius 3 is 2.47 bits per heavy atom. The van der Waals surface area contributed by atoms with Crippen LogP contribution in [0.25, 0.3) is 0 Å². The lowest BCUT2D eigenvalue weighted by molar-refractivity contribution is 0.335. The molecular weight excluding hydrogens is 286 g/mol. The molecule has 0 spiro atoms. The fraction of sp³-hybridized carbons (Fsp3) is 0.538. The maximum absolute atomic E-state index is 11.7. The monoisotopic (exact) mass is 305 g/mol. The van der Waals surface area contributed by atoms with Gasteiger partial charge in [0.1, 0.15) is 12.4 Å². The highest BCUT2D eigenvalue weighted by Crippen LogP contribution is 2.27. The summed E-state index contributed by atoms with van der Waals surface area (Å²) in [6.45, 7) is 5.25. The predicted octanol–water partition coefficient (Wildman–Crippen LogP) is 2.56. The van der Waals surface area contributed by atoms with Crippen LogP contribution in [0.2, 0.25) is 5.02 Å². The second-order valence-corrected chi connectivity index (χ2v) is 7.85. The quantitative estimate of drug-likeness (QED) is 0.877. The van der Waals surface area contributed by atoms with Crippen molar-refractivity contribution in [3.05, 3.63) is 28.8 Å². The van der Waals surface area contributed by atoms with Crippen LogP contribution in [0.5, 0.6) is 5.75 Å². The smallest absolute Gasteiger partial charge is 0.155 e. The average Bonchev–Trinajstić information content (AvgIpc) is 2.30. The molecule has 1 aromatic rings. The third-order valence-corrected chi connectivity index (χ3v) is 5.21. The summed E-state index contributed by atoms with van der Waals surface area (Å²) in [5.41, 5.74) is 6.60. The van der Waals surface area contributed by atoms with E-state index in [0.717, 1.165) is 5.56 Å². The Kier molecular flexibility index (Phi) is 5.64. The number of nitrogens with two attached hydrogens (primary N) is 1. The van der Waals surface area contributed by atoms with Crippen LogP contribution in [0.15, 0.2) is 18.2 Å². The van der Waals surface area contributed by atoms with Crippen molar-refractivity contribution in [2.24, 2.45) is 5.73 Å². The van der Waals surface area contributed by atoms with Gasteiger partial charge in [-0.1, -0.05) is 11.6 Å². The predicted molar refractivity (Wildman–Crippen MR) is 78.5 cm³/mol. The third kappa shape index (κ3) is 4.67. The van der Waals surface area contributed by atoms with Crippen molar-refractivity contribution in [2.45, 2.75) is 32.1 Å². The molecule has 0 aliphatic carbocycles. The molecule has 0 aliphatic rings. The Morgan fingerprint density at radius 1 is 1.32 bits per heavy atom. The van der Waals surface area contributed by atoms with Crippen LogP contribution in [-0.4, -0.2) is 26.0 Å². The highest BCUT2D eigenvalue weighted by atomic mass is 35.5. The van der Waals surface area contributed by atoms with Gasteiger partial charge in [-0.15, -0.1) is 0 Å². The van der Waals surface area contributed by atoms with Crippen LogP contribution in [0, 0.1) is 0 Å². The molecule has 108 valence electrons. The second-order valence-electron chi connectivity index (χ2n) is 4.74. The first-order valence-corrected chi connectivity index (χ1v) is 8.22. The molecule has 6 heteroatoms. The lowest BCUT2D eigenvalue weighted by Crippen LogP contribution is -2.22. The van der Waals surface area contributed by atoms with Gasteiger partial charge in [-0.25, -0.2) is 8.42 Å². The highest BCUT2D eigenvalue weighted by molar-refractivity contribution is 7.91. The molecule has 0 radical (unpaired) electrons. The van der Waals surface area contributed by atoms with Gasteiger partial charge in [0.2, 0.25) is 0 Å². The minimum absolute atomic E-state index is 0.00825. The van der Waals surface area contributed by atoms with E-state index in [4.69, 9.17) is 22.1 Å². The van der Waals surface area contributed by atoms with Crippen molar-refractivity contribution in [1.29, 1.82) is 0 Å². The van der Waals surface area contributed by atoms with Crippen LogP contribution < -0.4 is 10.5 Å². The zero-order valence-electron chi connectivity index (χ0n) is 11.4. The van der Waals surface area contributed by atoms with E-state index in [1.807, 2.05) is 6.92 Å². The Morgan fingerprint density at radius 2 is 1.95 bits per heavy atom. The summed E-state index contributed by atoms with van der Waals surface area (Å²) >= 11 is 5.90. The van der Waals surface area contributed by atoms with E-state index in [-0.39, 0.29) is 18.4 Å². The molecule has 0 bridgehead atoms. The molecule has 0 saturated heterocycles. The number of hydrogen-bond donors (Lipinski definition) is 1. The van der Waals surface area contributed by atoms with Gasteiger partial charge in [0.05, 0.1) is 11.0 Å². The van der Waals surface area contributed by atoms with Crippen molar-refractivity contribution in [3.8, 4) is 5.75 Å². The first kappa shape index (κ1) is 16.3. The molecule has 0 saturated carbocycles. The maximum atomic E-state index is 11.7. The van der Waals surface area contributed by atoms with E-state index >= 15 is 0 Å². The number of hydrogen-bond acceptors (Lipinski definition) is 4. The summed E-state index contributed by atoms with van der Waals surface area (Å²) in [4.78, 5) is 0. The number of sulfone groups is 1. The lowest BCUT2D eigenvalue weighted by Gasteiger charge is -2.15. The zero-order chi connectivity index (χ0) is 14.6. The Balaban J connectivity index is 2.74. The topological polar surface area (TPSA) is 69.4 Å². The average molecular weight is 306 g/mol. The van der Waals surface area contributed by atoms with Crippen LogP contribution in [0.1, 0.15) is 32.4 Å². The van der Waals surface area contributed by atoms with Gasteiger partial charge in [-0.05, 0) is 39.0 Å². The van der Waals surface area contributed by atoms with Gasteiger partial charge in [0, 0.05) is 16.6 Å². The molecule has 0 fully saturated rings. The standard InChI is InChI=1S/C13H20ClNO3S/c1-9(2)19(16,17)7-6-18-13-5-4-11(14)8-12(13)10(3)15/h4-5,8-10H,6-7,15H2,1-3H3/t10-/m1/s1. The Bertz CT molecular complexity index is 527. The van der Waals surface area contributed by atoms with Crippen LogP contribution >= 0.6 is 11.6 Å². The number of ether oxygens (including phenoxy) is 1. The zero-order valence-corrected chi connectivity index (χ0v) is 13.0. The first-order chi connectivity index (χ1) is 8.74. The van der Waals surface area contributed by atoms with Crippen molar-refractivity contribution in [3.63, 3.8) is 0 Å². The molecule has 19 heavy (non-hydrogen) atoms. The van der Waals surface area contributed by atoms with Crippen molar-refractivity contribution >= 4 is 21.4 Å². The maximum Gasteiger partial charge on any atom is 0.155 e. The van der Waals surface area contributed by atoms with Gasteiger partial charge in [0.25, 0.3) is 0 Å². The second kappa shape index (κ2) is 6.59. The summed E-state index contributed by atoms with van der Waals surface area (Å²) < 4.78 is 28.9. The molecule has 1 aromatic carbocycles. The van der Waals surface area contributed by atoms with Crippen molar-refractivity contribution in [1.82, 2.24) is 0 Å². The molecule has 0 aromatic heterocycles. The number of halogens is 1. The van der Waals surface area contributed by atoms with Crippen LogP contribution in [0.3, 0.4) is 0 Å². The van der Waals surface area contributed by atoms with E-state index < -0.39 is 15.1 Å². The lowest BCUT2D eigenvalue weighted by atomic mass is 10.1. The van der Waals surface area contributed by atoms with Gasteiger partial charge in [0.15, 0.2) is 9.84 Å². The molecule has 0 heterocycles.